The fourth-order valence-corrected chi connectivity index (χ4v) is 3.34. The molecule has 1 N–H and O–H groups in total. The van der Waals surface area contributed by atoms with Crippen molar-refractivity contribution in [3.8, 4) is 5.69 Å². The number of imidazole rings is 1. The number of nitrogens with zero attached hydrogens (tertiary/aromatic N) is 5. The average Bonchev–Trinajstić information content (AvgIpc) is 3.42. The summed E-state index contributed by atoms with van der Waals surface area (Å²) < 4.78 is 3.73. The first kappa shape index (κ1) is 19.4. The average molecular weight is 400 g/mol. The maximum atomic E-state index is 13.0. The molecule has 1 unspecified atom stereocenters. The molecule has 0 fully saturated rings. The molecule has 2 aromatic heterocycles. The Morgan fingerprint density at radius 1 is 1.10 bits per heavy atom. The Bertz CT molecular complexity index is 1100. The van der Waals surface area contributed by atoms with Crippen LogP contribution in [0.5, 0.6) is 0 Å². The largest absolute Gasteiger partial charge is 0.336 e. The zero-order chi connectivity index (χ0) is 20.9. The van der Waals surface area contributed by atoms with E-state index in [1.807, 2.05) is 89.4 Å². The summed E-state index contributed by atoms with van der Waals surface area (Å²) in [6.45, 7) is 0.445. The van der Waals surface area contributed by atoms with Crippen molar-refractivity contribution in [2.24, 2.45) is 7.05 Å². The number of nitrogens with one attached hydrogen (secondary N) is 1. The second-order valence-corrected chi connectivity index (χ2v) is 7.17. The molecule has 2 aromatic carbocycles. The van der Waals surface area contributed by atoms with Crippen LogP contribution in [0.4, 0.5) is 4.79 Å². The van der Waals surface area contributed by atoms with E-state index >= 15 is 0 Å². The molecule has 4 aromatic rings. The van der Waals surface area contributed by atoms with Gasteiger partial charge in [-0.2, -0.15) is 5.10 Å². The molecule has 7 heteroatoms. The lowest BCUT2D eigenvalue weighted by Crippen LogP contribution is -2.40. The lowest BCUT2D eigenvalue weighted by atomic mass is 10.1. The first-order valence-electron chi connectivity index (χ1n) is 9.74. The van der Waals surface area contributed by atoms with Crippen LogP contribution in [0.3, 0.4) is 0 Å². The van der Waals surface area contributed by atoms with E-state index in [2.05, 4.69) is 15.4 Å². The van der Waals surface area contributed by atoms with Gasteiger partial charge in [0, 0.05) is 38.2 Å². The monoisotopic (exact) mass is 400 g/mol. The minimum Gasteiger partial charge on any atom is -0.336 e. The van der Waals surface area contributed by atoms with Gasteiger partial charge in [0.05, 0.1) is 18.4 Å². The third-order valence-electron chi connectivity index (χ3n) is 4.94. The van der Waals surface area contributed by atoms with Crippen molar-refractivity contribution in [1.82, 2.24) is 29.5 Å². The number of hydrogen-bond acceptors (Lipinski definition) is 3. The van der Waals surface area contributed by atoms with Gasteiger partial charge in [0.15, 0.2) is 0 Å². The molecule has 0 aliphatic rings. The van der Waals surface area contributed by atoms with Gasteiger partial charge < -0.3 is 14.8 Å². The molecule has 2 heterocycles. The van der Waals surface area contributed by atoms with Crippen LogP contribution in [0.15, 0.2) is 85.5 Å². The second-order valence-electron chi connectivity index (χ2n) is 7.17. The van der Waals surface area contributed by atoms with Gasteiger partial charge in [-0.25, -0.2) is 14.5 Å². The topological polar surface area (TPSA) is 68.0 Å². The molecular formula is C23H24N6O. The van der Waals surface area contributed by atoms with E-state index in [4.69, 9.17) is 0 Å². The van der Waals surface area contributed by atoms with Gasteiger partial charge in [-0.1, -0.05) is 48.5 Å². The van der Waals surface area contributed by atoms with Gasteiger partial charge in [0.2, 0.25) is 0 Å². The van der Waals surface area contributed by atoms with Gasteiger partial charge in [0.1, 0.15) is 11.9 Å². The highest BCUT2D eigenvalue weighted by molar-refractivity contribution is 5.74. The zero-order valence-electron chi connectivity index (χ0n) is 17.0. The predicted octanol–water partition coefficient (Wildman–Crippen LogP) is 3.54. The Hall–Kier alpha value is -3.87. The summed E-state index contributed by atoms with van der Waals surface area (Å²) in [7, 11) is 3.70. The van der Waals surface area contributed by atoms with Crippen molar-refractivity contribution in [3.63, 3.8) is 0 Å². The summed E-state index contributed by atoms with van der Waals surface area (Å²) in [5.74, 6) is 0.778. The van der Waals surface area contributed by atoms with E-state index in [1.54, 1.807) is 24.3 Å². The first-order chi connectivity index (χ1) is 14.6. The number of aromatic nitrogens is 4. The number of benzene rings is 2. The molecule has 4 rings (SSSR count). The Balaban J connectivity index is 1.48. The summed E-state index contributed by atoms with van der Waals surface area (Å²) >= 11 is 0. The molecular weight excluding hydrogens is 376 g/mol. The maximum Gasteiger partial charge on any atom is 0.318 e. The van der Waals surface area contributed by atoms with Crippen LogP contribution >= 0.6 is 0 Å². The normalized spacial score (nSPS) is 11.8. The number of hydrogen-bond donors (Lipinski definition) is 1. The third kappa shape index (κ3) is 4.25. The molecule has 0 saturated heterocycles. The Morgan fingerprint density at radius 2 is 1.80 bits per heavy atom. The molecule has 1 atom stereocenters. The van der Waals surface area contributed by atoms with Gasteiger partial charge >= 0.3 is 6.03 Å². The molecule has 0 aliphatic heterocycles. The fourth-order valence-electron chi connectivity index (χ4n) is 3.34. The van der Waals surface area contributed by atoms with Gasteiger partial charge in [-0.3, -0.25) is 0 Å². The zero-order valence-corrected chi connectivity index (χ0v) is 17.0. The first-order valence-corrected chi connectivity index (χ1v) is 9.74. The molecule has 0 aliphatic carbocycles. The van der Waals surface area contributed by atoms with Crippen LogP contribution in [0.1, 0.15) is 23.0 Å². The van der Waals surface area contributed by atoms with Crippen molar-refractivity contribution >= 4 is 6.03 Å². The number of rotatable bonds is 6. The van der Waals surface area contributed by atoms with E-state index < -0.39 is 0 Å². The van der Waals surface area contributed by atoms with E-state index in [0.717, 1.165) is 22.6 Å². The molecule has 0 spiro atoms. The van der Waals surface area contributed by atoms with Crippen molar-refractivity contribution in [1.29, 1.82) is 0 Å². The summed E-state index contributed by atoms with van der Waals surface area (Å²) in [5.41, 5.74) is 2.91. The summed E-state index contributed by atoms with van der Waals surface area (Å²) in [6.07, 6.45) is 7.33. The van der Waals surface area contributed by atoms with Crippen LogP contribution in [0.2, 0.25) is 0 Å². The maximum absolute atomic E-state index is 13.0. The lowest BCUT2D eigenvalue weighted by Gasteiger charge is -2.23. The highest BCUT2D eigenvalue weighted by atomic mass is 16.2. The van der Waals surface area contributed by atoms with Crippen molar-refractivity contribution < 1.29 is 4.79 Å². The standard InChI is InChI=1S/C23H24N6O/c1-27-14-13-24-22(27)21(19-9-5-3-6-10-19)26-23(30)28(2)16-18-15-25-29(17-18)20-11-7-4-8-12-20/h3-15,17,21H,16H2,1-2H3,(H,26,30). The van der Waals surface area contributed by atoms with Crippen molar-refractivity contribution in [3.05, 3.63) is 102 Å². The second kappa shape index (κ2) is 8.65. The van der Waals surface area contributed by atoms with Crippen molar-refractivity contribution in [2.75, 3.05) is 7.05 Å². The molecule has 0 saturated carbocycles. The SMILES string of the molecule is CN(Cc1cnn(-c2ccccc2)c1)C(=O)NC(c1ccccc1)c1nccn1C. The van der Waals surface area contributed by atoms with E-state index in [0.29, 0.717) is 6.54 Å². The van der Waals surface area contributed by atoms with Crippen molar-refractivity contribution in [2.45, 2.75) is 12.6 Å². The van der Waals surface area contributed by atoms with Crippen LogP contribution in [0, 0.1) is 0 Å². The number of amides is 2. The van der Waals surface area contributed by atoms with E-state index in [9.17, 15) is 4.79 Å². The van der Waals surface area contributed by atoms with Crippen LogP contribution < -0.4 is 5.32 Å². The number of carbonyl (C=O) groups is 1. The van der Waals surface area contributed by atoms with Crippen LogP contribution in [-0.2, 0) is 13.6 Å². The lowest BCUT2D eigenvalue weighted by molar-refractivity contribution is 0.204. The fraction of sp³-hybridized carbons (Fsp3) is 0.174. The highest BCUT2D eigenvalue weighted by Gasteiger charge is 2.22. The highest BCUT2D eigenvalue weighted by Crippen LogP contribution is 2.20. The minimum atomic E-state index is -0.340. The number of para-hydroxylation sites is 1. The predicted molar refractivity (Wildman–Crippen MR) is 115 cm³/mol. The molecule has 30 heavy (non-hydrogen) atoms. The van der Waals surface area contributed by atoms with Gasteiger partial charge in [-0.15, -0.1) is 0 Å². The Morgan fingerprint density at radius 3 is 2.47 bits per heavy atom. The Labute approximate surface area is 175 Å². The number of aryl methyl sites for hydroxylation is 1. The molecule has 0 bridgehead atoms. The summed E-state index contributed by atoms with van der Waals surface area (Å²) in [5, 5.41) is 7.52. The van der Waals surface area contributed by atoms with Crippen LogP contribution in [0.25, 0.3) is 5.69 Å². The van der Waals surface area contributed by atoms with Crippen LogP contribution in [-0.4, -0.2) is 37.3 Å². The minimum absolute atomic E-state index is 0.181. The molecule has 2 amide bonds. The Kier molecular flexibility index (Phi) is 5.61. The molecule has 152 valence electrons. The summed E-state index contributed by atoms with van der Waals surface area (Å²) in [4.78, 5) is 19.1. The van der Waals surface area contributed by atoms with Gasteiger partial charge in [-0.05, 0) is 17.7 Å². The molecule has 0 radical (unpaired) electrons. The van der Waals surface area contributed by atoms with Gasteiger partial charge in [0.25, 0.3) is 0 Å². The number of carbonyl (C=O) groups excluding carboxylic acids is 1. The third-order valence-corrected chi connectivity index (χ3v) is 4.94. The summed E-state index contributed by atoms with van der Waals surface area (Å²) in [6, 6.07) is 19.2. The quantitative estimate of drug-likeness (QED) is 0.538. The van der Waals surface area contributed by atoms with E-state index in [-0.39, 0.29) is 12.1 Å². The smallest absolute Gasteiger partial charge is 0.318 e. The molecule has 7 nitrogen and oxygen atoms in total. The van der Waals surface area contributed by atoms with E-state index in [1.165, 1.54) is 0 Å². The number of urea groups is 1.